The maximum Gasteiger partial charge on any atom is 0.251 e. The summed E-state index contributed by atoms with van der Waals surface area (Å²) in [4.78, 5) is 28.7. The molecule has 1 aromatic carbocycles. The second kappa shape index (κ2) is 7.34. The highest BCUT2D eigenvalue weighted by atomic mass is 16.5. The predicted molar refractivity (Wildman–Crippen MR) is 93.1 cm³/mol. The van der Waals surface area contributed by atoms with Crippen LogP contribution in [0, 0.1) is 5.92 Å². The number of piperidine rings is 1. The molecule has 0 N–H and O–H groups in total. The molecule has 0 aromatic heterocycles. The summed E-state index contributed by atoms with van der Waals surface area (Å²) in [6.07, 6.45) is 3.44. The Hall–Kier alpha value is -1.88. The van der Waals surface area contributed by atoms with Gasteiger partial charge >= 0.3 is 0 Å². The second-order valence-corrected chi connectivity index (χ2v) is 6.85. The molecule has 2 amide bonds. The van der Waals surface area contributed by atoms with Crippen molar-refractivity contribution < 1.29 is 14.3 Å². The summed E-state index contributed by atoms with van der Waals surface area (Å²) in [7, 11) is 0. The molecule has 130 valence electrons. The number of amides is 2. The number of carbonyl (C=O) groups is 2. The Morgan fingerprint density at radius 2 is 1.79 bits per heavy atom. The van der Waals surface area contributed by atoms with E-state index in [0.29, 0.717) is 24.6 Å². The number of nitrogens with zero attached hydrogens (tertiary/aromatic N) is 2. The lowest BCUT2D eigenvalue weighted by molar-refractivity contribution is -0.123. The normalized spacial score (nSPS) is 23.1. The first kappa shape index (κ1) is 17.0. The Morgan fingerprint density at radius 3 is 2.42 bits per heavy atom. The van der Waals surface area contributed by atoms with Crippen LogP contribution in [-0.2, 0) is 9.59 Å². The van der Waals surface area contributed by atoms with Crippen molar-refractivity contribution in [3.05, 3.63) is 24.3 Å². The molecule has 1 aromatic rings. The predicted octanol–water partition coefficient (Wildman–Crippen LogP) is 2.84. The molecule has 1 atom stereocenters. The highest BCUT2D eigenvalue weighted by Gasteiger charge is 2.43. The minimum atomic E-state index is -0.291. The van der Waals surface area contributed by atoms with E-state index in [2.05, 4.69) is 18.7 Å². The molecule has 0 bridgehead atoms. The average molecular weight is 330 g/mol. The van der Waals surface area contributed by atoms with Crippen LogP contribution in [0.1, 0.15) is 39.5 Å². The summed E-state index contributed by atoms with van der Waals surface area (Å²) in [6, 6.07) is 6.94. The third-order valence-corrected chi connectivity index (χ3v) is 4.95. The van der Waals surface area contributed by atoms with Crippen LogP contribution < -0.4 is 9.64 Å². The van der Waals surface area contributed by atoms with Crippen LogP contribution in [0.2, 0.25) is 0 Å². The van der Waals surface area contributed by atoms with Gasteiger partial charge in [-0.25, -0.2) is 4.90 Å². The van der Waals surface area contributed by atoms with E-state index >= 15 is 0 Å². The number of likely N-dealkylation sites (tertiary alicyclic amines) is 1. The van der Waals surface area contributed by atoms with Crippen LogP contribution in [0.25, 0.3) is 0 Å². The zero-order chi connectivity index (χ0) is 17.1. The first-order valence-corrected chi connectivity index (χ1v) is 8.94. The fourth-order valence-electron chi connectivity index (χ4n) is 3.42. The van der Waals surface area contributed by atoms with Gasteiger partial charge in [-0.1, -0.05) is 13.8 Å². The molecule has 0 radical (unpaired) electrons. The van der Waals surface area contributed by atoms with Crippen molar-refractivity contribution >= 4 is 17.5 Å². The molecule has 0 unspecified atom stereocenters. The smallest absolute Gasteiger partial charge is 0.251 e. The van der Waals surface area contributed by atoms with Gasteiger partial charge in [-0.2, -0.15) is 0 Å². The minimum absolute atomic E-state index is 0.0863. The van der Waals surface area contributed by atoms with Crippen molar-refractivity contribution in [2.75, 3.05) is 24.6 Å². The van der Waals surface area contributed by atoms with Gasteiger partial charge in [-0.3, -0.25) is 14.5 Å². The van der Waals surface area contributed by atoms with Crippen LogP contribution in [0.4, 0.5) is 5.69 Å². The SMILES string of the molecule is CCCOc1ccc(N2C(=O)C[C@@H](N3CCC(C)CC3)C2=O)cc1. The highest BCUT2D eigenvalue weighted by molar-refractivity contribution is 6.22. The van der Waals surface area contributed by atoms with Gasteiger partial charge in [0.05, 0.1) is 24.8 Å². The maximum absolute atomic E-state index is 12.8. The molecular weight excluding hydrogens is 304 g/mol. The van der Waals surface area contributed by atoms with Gasteiger partial charge < -0.3 is 4.74 Å². The maximum atomic E-state index is 12.8. The summed E-state index contributed by atoms with van der Waals surface area (Å²) >= 11 is 0. The lowest BCUT2D eigenvalue weighted by Gasteiger charge is -2.33. The quantitative estimate of drug-likeness (QED) is 0.779. The number of benzene rings is 1. The van der Waals surface area contributed by atoms with Crippen LogP contribution in [-0.4, -0.2) is 42.5 Å². The molecule has 24 heavy (non-hydrogen) atoms. The Labute approximate surface area is 143 Å². The van der Waals surface area contributed by atoms with Gasteiger partial charge in [0.15, 0.2) is 0 Å². The fraction of sp³-hybridized carbons (Fsp3) is 0.579. The van der Waals surface area contributed by atoms with Gasteiger partial charge in [0.2, 0.25) is 5.91 Å². The third kappa shape index (κ3) is 3.46. The molecule has 0 spiro atoms. The zero-order valence-corrected chi connectivity index (χ0v) is 14.5. The topological polar surface area (TPSA) is 49.9 Å². The van der Waals surface area contributed by atoms with Crippen molar-refractivity contribution in [3.8, 4) is 5.75 Å². The molecule has 5 nitrogen and oxygen atoms in total. The molecule has 0 aliphatic carbocycles. The van der Waals surface area contributed by atoms with Gasteiger partial charge in [-0.15, -0.1) is 0 Å². The minimum Gasteiger partial charge on any atom is -0.494 e. The molecule has 2 aliphatic rings. The van der Waals surface area contributed by atoms with Gasteiger partial charge in [0.25, 0.3) is 5.91 Å². The molecule has 2 fully saturated rings. The van der Waals surface area contributed by atoms with Gasteiger partial charge in [0.1, 0.15) is 5.75 Å². The Morgan fingerprint density at radius 1 is 1.12 bits per heavy atom. The van der Waals surface area contributed by atoms with E-state index < -0.39 is 0 Å². The summed E-state index contributed by atoms with van der Waals surface area (Å²) in [5, 5.41) is 0. The number of rotatable bonds is 5. The number of anilines is 1. The van der Waals surface area contributed by atoms with Crippen LogP contribution in [0.15, 0.2) is 24.3 Å². The summed E-state index contributed by atoms with van der Waals surface area (Å²) in [5.41, 5.74) is 0.640. The molecule has 2 saturated heterocycles. The van der Waals surface area contributed by atoms with Crippen molar-refractivity contribution in [1.82, 2.24) is 4.90 Å². The summed E-state index contributed by atoms with van der Waals surface area (Å²) < 4.78 is 5.56. The molecular formula is C19H26N2O3. The van der Waals surface area contributed by atoms with Crippen molar-refractivity contribution in [2.24, 2.45) is 5.92 Å². The monoisotopic (exact) mass is 330 g/mol. The van der Waals surface area contributed by atoms with E-state index in [4.69, 9.17) is 4.74 Å². The van der Waals surface area contributed by atoms with Gasteiger partial charge in [0, 0.05) is 0 Å². The molecule has 5 heteroatoms. The lowest BCUT2D eigenvalue weighted by Crippen LogP contribution is -2.45. The first-order chi connectivity index (χ1) is 11.6. The van der Waals surface area contributed by atoms with E-state index in [9.17, 15) is 9.59 Å². The molecule has 0 saturated carbocycles. The summed E-state index contributed by atoms with van der Waals surface area (Å²) in [6.45, 7) is 6.77. The number of carbonyl (C=O) groups excluding carboxylic acids is 2. The third-order valence-electron chi connectivity index (χ3n) is 4.95. The Balaban J connectivity index is 1.70. The zero-order valence-electron chi connectivity index (χ0n) is 14.5. The van der Waals surface area contributed by atoms with Crippen LogP contribution in [0.5, 0.6) is 5.75 Å². The number of hydrogen-bond donors (Lipinski definition) is 0. The van der Waals surface area contributed by atoms with Crippen molar-refractivity contribution in [1.29, 1.82) is 0 Å². The Kier molecular flexibility index (Phi) is 5.19. The van der Waals surface area contributed by atoms with Crippen molar-refractivity contribution in [2.45, 2.75) is 45.6 Å². The van der Waals surface area contributed by atoms with E-state index in [1.54, 1.807) is 12.1 Å². The van der Waals surface area contributed by atoms with Crippen LogP contribution in [0.3, 0.4) is 0 Å². The number of imide groups is 1. The Bertz CT molecular complexity index is 591. The van der Waals surface area contributed by atoms with Crippen molar-refractivity contribution in [3.63, 3.8) is 0 Å². The second-order valence-electron chi connectivity index (χ2n) is 6.85. The molecule has 2 heterocycles. The number of hydrogen-bond acceptors (Lipinski definition) is 4. The first-order valence-electron chi connectivity index (χ1n) is 8.94. The molecule has 2 aliphatic heterocycles. The standard InChI is InChI=1S/C19H26N2O3/c1-3-12-24-16-6-4-15(5-7-16)21-18(22)13-17(19(21)23)20-10-8-14(2)9-11-20/h4-7,14,17H,3,8-13H2,1-2H3/t17-/m1/s1. The highest BCUT2D eigenvalue weighted by Crippen LogP contribution is 2.29. The largest absolute Gasteiger partial charge is 0.494 e. The average Bonchev–Trinajstić information content (AvgIpc) is 2.89. The fourth-order valence-corrected chi connectivity index (χ4v) is 3.42. The van der Waals surface area contributed by atoms with E-state index in [0.717, 1.165) is 38.1 Å². The van der Waals surface area contributed by atoms with E-state index in [1.165, 1.54) is 4.90 Å². The lowest BCUT2D eigenvalue weighted by atomic mass is 9.97. The molecule has 3 rings (SSSR count). The van der Waals surface area contributed by atoms with Crippen LogP contribution >= 0.6 is 0 Å². The number of ether oxygens (including phenoxy) is 1. The van der Waals surface area contributed by atoms with E-state index in [1.807, 2.05) is 12.1 Å². The van der Waals surface area contributed by atoms with E-state index in [-0.39, 0.29) is 17.9 Å². The van der Waals surface area contributed by atoms with Gasteiger partial charge in [-0.05, 0) is 62.5 Å². The summed E-state index contributed by atoms with van der Waals surface area (Å²) in [5.74, 6) is 1.28.